The van der Waals surface area contributed by atoms with Crippen LogP contribution >= 0.6 is 0 Å². The minimum Gasteiger partial charge on any atom is -0.493 e. The van der Waals surface area contributed by atoms with Gasteiger partial charge in [0.1, 0.15) is 23.4 Å². The Bertz CT molecular complexity index is 2240. The van der Waals surface area contributed by atoms with Crippen LogP contribution in [0.1, 0.15) is 97.6 Å². The van der Waals surface area contributed by atoms with Crippen molar-refractivity contribution in [3.05, 3.63) is 83.0 Å². The van der Waals surface area contributed by atoms with Crippen molar-refractivity contribution >= 4 is 35.8 Å². The standard InChI is InChI=1S/C50H62O13/c1-30(2)31(3)25-45(54)62-42-29-41-46(5)21-20-36(61-43(52)17-13-33-11-15-37(57-7)39(26-33)59-9)28-35(46)19-22-48(41,55)50(56)24-23-49(32(4)51,47(42,50)6)63-44(53)18-14-34-12-16-38(58-8)40(27-34)60-10/h11-19,25-27,30,36,41-42,55-56H,20-24,28-29H2,1-10H3/b17-13+,18-14+,31-25+/t36-,41+,42+,46-,47+,48-,49+,50+/m0/s1. The fraction of sp³-hybridized carbons (Fsp3) is 0.520. The van der Waals surface area contributed by atoms with Crippen LogP contribution in [0.2, 0.25) is 0 Å². The molecule has 13 heteroatoms. The maximum atomic E-state index is 14.1. The molecule has 13 nitrogen and oxygen atoms in total. The Hall–Kier alpha value is -5.40. The third-order valence-electron chi connectivity index (χ3n) is 14.8. The van der Waals surface area contributed by atoms with Gasteiger partial charge in [-0.3, -0.25) is 4.79 Å². The summed E-state index contributed by atoms with van der Waals surface area (Å²) in [5, 5.41) is 26.5. The molecule has 8 atom stereocenters. The molecule has 63 heavy (non-hydrogen) atoms. The SMILES string of the molecule is COc1ccc(/C=C/C(=O)O[C@H]2CC[C@@]3(C)C(=CC[C@]4(O)[C@@H]3C[C@@H](OC(=O)/C=C(\C)C(C)C)[C@@]3(C)[C@]4(O)CC[C@@]3(OC(=O)/C=C/c3ccc(OC)c(OC)c3)C(C)=O)C2)cc1OC. The van der Waals surface area contributed by atoms with Gasteiger partial charge in [0.2, 0.25) is 0 Å². The number of hydrogen-bond donors (Lipinski definition) is 2. The summed E-state index contributed by atoms with van der Waals surface area (Å²) < 4.78 is 40.0. The van der Waals surface area contributed by atoms with Crippen LogP contribution in [0.25, 0.3) is 12.2 Å². The van der Waals surface area contributed by atoms with E-state index in [0.29, 0.717) is 47.8 Å². The largest absolute Gasteiger partial charge is 0.493 e. The van der Waals surface area contributed by atoms with Crippen LogP contribution in [0.3, 0.4) is 0 Å². The number of carbonyl (C=O) groups is 4. The lowest BCUT2D eigenvalue weighted by atomic mass is 9.42. The highest BCUT2D eigenvalue weighted by Gasteiger charge is 2.83. The van der Waals surface area contributed by atoms with Crippen molar-refractivity contribution < 1.29 is 62.5 Å². The number of allylic oxidation sites excluding steroid dienone is 1. The van der Waals surface area contributed by atoms with Crippen molar-refractivity contribution in [3.63, 3.8) is 0 Å². The molecule has 6 rings (SSSR count). The Labute approximate surface area is 370 Å². The van der Waals surface area contributed by atoms with Crippen molar-refractivity contribution in [3.8, 4) is 23.0 Å². The van der Waals surface area contributed by atoms with Gasteiger partial charge in [-0.15, -0.1) is 0 Å². The van der Waals surface area contributed by atoms with Gasteiger partial charge in [0.05, 0.1) is 33.9 Å². The Morgan fingerprint density at radius 2 is 1.32 bits per heavy atom. The van der Waals surface area contributed by atoms with Gasteiger partial charge < -0.3 is 43.4 Å². The van der Waals surface area contributed by atoms with Gasteiger partial charge in [0.15, 0.2) is 34.4 Å². The number of esters is 3. The van der Waals surface area contributed by atoms with E-state index in [0.717, 1.165) is 16.7 Å². The first-order chi connectivity index (χ1) is 29.7. The summed E-state index contributed by atoms with van der Waals surface area (Å²) in [5.74, 6) is -1.16. The summed E-state index contributed by atoms with van der Waals surface area (Å²) in [6.45, 7) is 10.7. The zero-order chi connectivity index (χ0) is 46.1. The number of methoxy groups -OCH3 is 4. The van der Waals surface area contributed by atoms with E-state index in [1.165, 1.54) is 52.6 Å². The number of ether oxygens (including phenoxy) is 7. The number of aliphatic hydroxyl groups is 2. The molecule has 0 heterocycles. The zero-order valence-corrected chi connectivity index (χ0v) is 38.1. The predicted molar refractivity (Wildman–Crippen MR) is 235 cm³/mol. The van der Waals surface area contributed by atoms with Crippen LogP contribution in [0, 0.1) is 22.7 Å². The smallest absolute Gasteiger partial charge is 0.331 e. The minimum absolute atomic E-state index is 0.00269. The molecule has 0 spiro atoms. The molecule has 0 radical (unpaired) electrons. The highest BCUT2D eigenvalue weighted by molar-refractivity contribution is 5.94. The van der Waals surface area contributed by atoms with Crippen LogP contribution in [-0.2, 0) is 33.4 Å². The van der Waals surface area contributed by atoms with E-state index in [4.69, 9.17) is 33.2 Å². The van der Waals surface area contributed by atoms with Crippen molar-refractivity contribution in [1.82, 2.24) is 0 Å². The lowest BCUT2D eigenvalue weighted by Crippen LogP contribution is -2.78. The molecule has 2 N–H and O–H groups in total. The van der Waals surface area contributed by atoms with Gasteiger partial charge in [-0.05, 0) is 118 Å². The van der Waals surface area contributed by atoms with Gasteiger partial charge in [-0.2, -0.15) is 0 Å². The Morgan fingerprint density at radius 3 is 1.86 bits per heavy atom. The first-order valence-corrected chi connectivity index (χ1v) is 21.5. The van der Waals surface area contributed by atoms with E-state index in [1.807, 2.05) is 33.8 Å². The average molecular weight is 871 g/mol. The summed E-state index contributed by atoms with van der Waals surface area (Å²) >= 11 is 0. The van der Waals surface area contributed by atoms with Gasteiger partial charge in [0.25, 0.3) is 0 Å². The molecule has 340 valence electrons. The van der Waals surface area contributed by atoms with Crippen LogP contribution in [0.4, 0.5) is 0 Å². The minimum atomic E-state index is -2.08. The number of rotatable bonds is 14. The fourth-order valence-corrected chi connectivity index (χ4v) is 10.8. The van der Waals surface area contributed by atoms with E-state index in [2.05, 4.69) is 0 Å². The first kappa shape index (κ1) is 47.1. The van der Waals surface area contributed by atoms with Crippen molar-refractivity contribution in [2.24, 2.45) is 22.7 Å². The maximum Gasteiger partial charge on any atom is 0.331 e. The second kappa shape index (κ2) is 18.0. The molecular formula is C50H62O13. The number of Topliss-reactive ketones (excluding diaryl/α,β-unsaturated/α-hetero) is 1. The number of fused-ring (bicyclic) bond motifs is 5. The molecule has 0 aliphatic heterocycles. The Morgan fingerprint density at radius 1 is 0.746 bits per heavy atom. The van der Waals surface area contributed by atoms with Gasteiger partial charge in [0, 0.05) is 30.6 Å². The molecular weight excluding hydrogens is 809 g/mol. The molecule has 4 aliphatic rings. The van der Waals surface area contributed by atoms with Crippen LogP contribution in [0.15, 0.2) is 71.8 Å². The van der Waals surface area contributed by atoms with Gasteiger partial charge in [-0.1, -0.05) is 50.1 Å². The number of carbonyl (C=O) groups excluding carboxylic acids is 4. The van der Waals surface area contributed by atoms with E-state index >= 15 is 0 Å². The summed E-state index contributed by atoms with van der Waals surface area (Å²) in [4.78, 5) is 55.0. The maximum absolute atomic E-state index is 14.1. The molecule has 3 fully saturated rings. The Kier molecular flexibility index (Phi) is 13.5. The second-order valence-electron chi connectivity index (χ2n) is 18.1. The number of benzene rings is 2. The fourth-order valence-electron chi connectivity index (χ4n) is 10.8. The molecule has 0 aromatic heterocycles. The van der Waals surface area contributed by atoms with E-state index in [1.54, 1.807) is 56.5 Å². The summed E-state index contributed by atoms with van der Waals surface area (Å²) in [5.41, 5.74) is -5.38. The monoisotopic (exact) mass is 870 g/mol. The van der Waals surface area contributed by atoms with Gasteiger partial charge in [-0.25, -0.2) is 14.4 Å². The van der Waals surface area contributed by atoms with Crippen LogP contribution < -0.4 is 18.9 Å². The van der Waals surface area contributed by atoms with Crippen molar-refractivity contribution in [2.75, 3.05) is 28.4 Å². The second-order valence-corrected chi connectivity index (χ2v) is 18.1. The van der Waals surface area contributed by atoms with Crippen molar-refractivity contribution in [2.45, 2.75) is 115 Å². The normalized spacial score (nSPS) is 31.3. The molecule has 2 aromatic rings. The van der Waals surface area contributed by atoms with E-state index < -0.39 is 69.5 Å². The molecule has 3 saturated carbocycles. The molecule has 0 bridgehead atoms. The van der Waals surface area contributed by atoms with E-state index in [9.17, 15) is 29.4 Å². The highest BCUT2D eigenvalue weighted by Crippen LogP contribution is 2.71. The first-order valence-electron chi connectivity index (χ1n) is 21.5. The number of hydrogen-bond acceptors (Lipinski definition) is 13. The third kappa shape index (κ3) is 8.18. The highest BCUT2D eigenvalue weighted by atomic mass is 16.6. The lowest BCUT2D eigenvalue weighted by Gasteiger charge is -2.67. The van der Waals surface area contributed by atoms with Crippen molar-refractivity contribution in [1.29, 1.82) is 0 Å². The molecule has 2 aromatic carbocycles. The molecule has 0 amide bonds. The molecule has 0 unspecified atom stereocenters. The van der Waals surface area contributed by atoms with Crippen LogP contribution in [0.5, 0.6) is 23.0 Å². The number of ketones is 1. The van der Waals surface area contributed by atoms with Gasteiger partial charge >= 0.3 is 17.9 Å². The average Bonchev–Trinajstić information content (AvgIpc) is 3.50. The quantitative estimate of drug-likeness (QED) is 0.0826. The third-order valence-corrected chi connectivity index (χ3v) is 14.8. The lowest BCUT2D eigenvalue weighted by molar-refractivity contribution is -0.315. The topological polar surface area (TPSA) is 173 Å². The van der Waals surface area contributed by atoms with Crippen LogP contribution in [-0.4, -0.2) is 91.4 Å². The zero-order valence-electron chi connectivity index (χ0n) is 38.1. The molecule has 4 aliphatic carbocycles. The Balaban J connectivity index is 1.32. The van der Waals surface area contributed by atoms with E-state index in [-0.39, 0.29) is 31.6 Å². The summed E-state index contributed by atoms with van der Waals surface area (Å²) in [7, 11) is 6.10. The summed E-state index contributed by atoms with van der Waals surface area (Å²) in [6, 6.07) is 10.4. The summed E-state index contributed by atoms with van der Waals surface area (Å²) in [6.07, 6.45) is 8.57. The predicted octanol–water partition coefficient (Wildman–Crippen LogP) is 7.55. The molecule has 0 saturated heterocycles.